The first-order valence-corrected chi connectivity index (χ1v) is 6.66. The Morgan fingerprint density at radius 2 is 2.06 bits per heavy atom. The maximum Gasteiger partial charge on any atom is 0.319 e. The third-order valence-electron chi connectivity index (χ3n) is 2.12. The van der Waals surface area contributed by atoms with Crippen molar-refractivity contribution in [2.45, 2.75) is 19.4 Å². The molecule has 0 saturated heterocycles. The molecule has 0 heterocycles. The molecular weight excluding hydrogens is 338 g/mol. The summed E-state index contributed by atoms with van der Waals surface area (Å²) in [5.41, 5.74) is 0.780. The Labute approximate surface area is 114 Å². The second kappa shape index (κ2) is 6.96. The van der Waals surface area contributed by atoms with Crippen LogP contribution in [0.15, 0.2) is 24.3 Å². The van der Waals surface area contributed by atoms with E-state index < -0.39 is 0 Å². The molecule has 0 aliphatic carbocycles. The second-order valence-corrected chi connectivity index (χ2v) is 4.92. The monoisotopic (exact) mass is 352 g/mol. The molecule has 1 unspecified atom stereocenters. The lowest BCUT2D eigenvalue weighted by atomic mass is 10.2. The number of amides is 2. The van der Waals surface area contributed by atoms with Crippen LogP contribution in [0, 0.1) is 3.57 Å². The van der Waals surface area contributed by atoms with E-state index >= 15 is 0 Å². The van der Waals surface area contributed by atoms with Crippen LogP contribution >= 0.6 is 34.2 Å². The quantitative estimate of drug-likeness (QED) is 0.632. The predicted molar refractivity (Wildman–Crippen MR) is 76.1 cm³/mol. The molecule has 1 aromatic carbocycles. The van der Waals surface area contributed by atoms with Gasteiger partial charge >= 0.3 is 6.03 Å². The first-order valence-electron chi connectivity index (χ1n) is 5.04. The maximum absolute atomic E-state index is 11.5. The zero-order valence-electron chi connectivity index (χ0n) is 8.97. The molecule has 1 atom stereocenters. The van der Waals surface area contributed by atoms with E-state index in [0.29, 0.717) is 5.88 Å². The summed E-state index contributed by atoms with van der Waals surface area (Å²) in [7, 11) is 0. The Bertz CT molecular complexity index is 338. The molecule has 0 fully saturated rings. The molecule has 0 aliphatic rings. The normalized spacial score (nSPS) is 11.9. The molecule has 2 N–H and O–H groups in total. The topological polar surface area (TPSA) is 41.1 Å². The molecule has 88 valence electrons. The minimum absolute atomic E-state index is 0.0190. The van der Waals surface area contributed by atoms with Crippen molar-refractivity contribution in [3.63, 3.8) is 0 Å². The summed E-state index contributed by atoms with van der Waals surface area (Å²) in [6, 6.07) is 7.41. The number of nitrogens with one attached hydrogen (secondary N) is 2. The van der Waals surface area contributed by atoms with Crippen molar-refractivity contribution in [3.8, 4) is 0 Å². The molecule has 0 bridgehead atoms. The van der Waals surface area contributed by atoms with Gasteiger partial charge in [0.1, 0.15) is 0 Å². The van der Waals surface area contributed by atoms with Crippen LogP contribution in [0.4, 0.5) is 10.5 Å². The zero-order chi connectivity index (χ0) is 12.0. The highest BCUT2D eigenvalue weighted by Gasteiger charge is 2.08. The summed E-state index contributed by atoms with van der Waals surface area (Å²) in [5.74, 6) is 0.427. The average molecular weight is 353 g/mol. The molecule has 0 spiro atoms. The average Bonchev–Trinajstić information content (AvgIpc) is 2.29. The van der Waals surface area contributed by atoms with Gasteiger partial charge in [0.05, 0.1) is 0 Å². The fourth-order valence-electron chi connectivity index (χ4n) is 1.14. The number of carbonyl (C=O) groups excluding carboxylic acids is 1. The number of carbonyl (C=O) groups is 1. The number of anilines is 1. The van der Waals surface area contributed by atoms with Crippen molar-refractivity contribution in [2.75, 3.05) is 11.2 Å². The minimum Gasteiger partial charge on any atom is -0.334 e. The van der Waals surface area contributed by atoms with Crippen molar-refractivity contribution in [1.29, 1.82) is 0 Å². The fourth-order valence-corrected chi connectivity index (χ4v) is 1.79. The van der Waals surface area contributed by atoms with Gasteiger partial charge < -0.3 is 10.6 Å². The molecule has 0 radical (unpaired) electrons. The van der Waals surface area contributed by atoms with E-state index in [2.05, 4.69) is 33.2 Å². The van der Waals surface area contributed by atoms with Crippen molar-refractivity contribution in [1.82, 2.24) is 5.32 Å². The van der Waals surface area contributed by atoms with Crippen LogP contribution in [0.2, 0.25) is 0 Å². The molecular formula is C11H14ClIN2O. The number of alkyl halides is 1. The third-order valence-corrected chi connectivity index (χ3v) is 3.21. The third kappa shape index (κ3) is 4.57. The van der Waals surface area contributed by atoms with Gasteiger partial charge in [0.15, 0.2) is 0 Å². The van der Waals surface area contributed by atoms with Gasteiger partial charge in [0.2, 0.25) is 0 Å². The molecule has 1 aromatic rings. The van der Waals surface area contributed by atoms with Crippen LogP contribution < -0.4 is 10.6 Å². The summed E-state index contributed by atoms with van der Waals surface area (Å²) in [5, 5.41) is 5.55. The molecule has 5 heteroatoms. The van der Waals surface area contributed by atoms with Crippen molar-refractivity contribution < 1.29 is 4.79 Å². The van der Waals surface area contributed by atoms with Gasteiger partial charge in [-0.25, -0.2) is 4.79 Å². The van der Waals surface area contributed by atoms with Crippen LogP contribution in [0.3, 0.4) is 0 Å². The summed E-state index contributed by atoms with van der Waals surface area (Å²) in [6.45, 7) is 1.98. The SMILES string of the molecule is CCC(CCl)NC(=O)Nc1ccc(I)cc1. The standard InChI is InChI=1S/C11H14ClIN2O/c1-2-9(7-12)14-11(16)15-10-5-3-8(13)4-6-10/h3-6,9H,2,7H2,1H3,(H2,14,15,16). The van der Waals surface area contributed by atoms with Crippen LogP contribution in [-0.2, 0) is 0 Å². The summed E-state index contributed by atoms with van der Waals surface area (Å²) < 4.78 is 1.13. The van der Waals surface area contributed by atoms with Gasteiger partial charge in [0, 0.05) is 21.2 Å². The van der Waals surface area contributed by atoms with E-state index in [1.807, 2.05) is 31.2 Å². The Morgan fingerprint density at radius 3 is 2.56 bits per heavy atom. The van der Waals surface area contributed by atoms with E-state index in [0.717, 1.165) is 15.7 Å². The lowest BCUT2D eigenvalue weighted by Gasteiger charge is -2.14. The summed E-state index contributed by atoms with van der Waals surface area (Å²) in [4.78, 5) is 11.5. The lowest BCUT2D eigenvalue weighted by Crippen LogP contribution is -2.38. The number of benzene rings is 1. The highest BCUT2D eigenvalue weighted by molar-refractivity contribution is 14.1. The molecule has 1 rings (SSSR count). The molecule has 0 aromatic heterocycles. The minimum atomic E-state index is -0.214. The molecule has 0 aliphatic heterocycles. The largest absolute Gasteiger partial charge is 0.334 e. The van der Waals surface area contributed by atoms with Gasteiger partial charge in [-0.1, -0.05) is 6.92 Å². The highest BCUT2D eigenvalue weighted by atomic mass is 127. The molecule has 2 amide bonds. The molecule has 16 heavy (non-hydrogen) atoms. The van der Waals surface area contributed by atoms with Crippen LogP contribution in [0.25, 0.3) is 0 Å². The lowest BCUT2D eigenvalue weighted by molar-refractivity contribution is 0.249. The number of hydrogen-bond acceptors (Lipinski definition) is 1. The van der Waals surface area contributed by atoms with Crippen molar-refractivity contribution in [3.05, 3.63) is 27.8 Å². The Morgan fingerprint density at radius 1 is 1.44 bits per heavy atom. The number of halogens is 2. The Kier molecular flexibility index (Phi) is 5.90. The fraction of sp³-hybridized carbons (Fsp3) is 0.364. The Hall–Kier alpha value is -0.490. The predicted octanol–water partition coefficient (Wildman–Crippen LogP) is 3.43. The zero-order valence-corrected chi connectivity index (χ0v) is 11.9. The van der Waals surface area contributed by atoms with Crippen molar-refractivity contribution >= 4 is 45.9 Å². The van der Waals surface area contributed by atoms with Crippen LogP contribution in [0.5, 0.6) is 0 Å². The molecule has 3 nitrogen and oxygen atoms in total. The Balaban J connectivity index is 2.48. The van der Waals surface area contributed by atoms with Gasteiger partial charge in [-0.2, -0.15) is 0 Å². The van der Waals surface area contributed by atoms with Crippen LogP contribution in [0.1, 0.15) is 13.3 Å². The van der Waals surface area contributed by atoms with Crippen LogP contribution in [-0.4, -0.2) is 18.0 Å². The molecule has 0 saturated carbocycles. The van der Waals surface area contributed by atoms with E-state index in [1.165, 1.54) is 0 Å². The smallest absolute Gasteiger partial charge is 0.319 e. The summed E-state index contributed by atoms with van der Waals surface area (Å²) in [6.07, 6.45) is 0.823. The second-order valence-electron chi connectivity index (χ2n) is 3.36. The van der Waals surface area contributed by atoms with Crippen molar-refractivity contribution in [2.24, 2.45) is 0 Å². The summed E-state index contributed by atoms with van der Waals surface area (Å²) >= 11 is 7.91. The number of rotatable bonds is 4. The van der Waals surface area contributed by atoms with Gasteiger partial charge in [-0.15, -0.1) is 11.6 Å². The number of hydrogen-bond donors (Lipinski definition) is 2. The van der Waals surface area contributed by atoms with E-state index in [-0.39, 0.29) is 12.1 Å². The van der Waals surface area contributed by atoms with Gasteiger partial charge in [0.25, 0.3) is 0 Å². The highest BCUT2D eigenvalue weighted by Crippen LogP contribution is 2.10. The van der Waals surface area contributed by atoms with E-state index in [9.17, 15) is 4.79 Å². The first kappa shape index (κ1) is 13.6. The van der Waals surface area contributed by atoms with E-state index in [1.54, 1.807) is 0 Å². The number of urea groups is 1. The maximum atomic E-state index is 11.5. The first-order chi connectivity index (χ1) is 7.65. The van der Waals surface area contributed by atoms with Gasteiger partial charge in [-0.3, -0.25) is 0 Å². The van der Waals surface area contributed by atoms with E-state index in [4.69, 9.17) is 11.6 Å². The van der Waals surface area contributed by atoms with Gasteiger partial charge in [-0.05, 0) is 53.3 Å².